The van der Waals surface area contributed by atoms with Gasteiger partial charge in [0.1, 0.15) is 10.5 Å². The van der Waals surface area contributed by atoms with Crippen molar-refractivity contribution in [1.29, 1.82) is 0 Å². The van der Waals surface area contributed by atoms with E-state index < -0.39 is 0 Å². The fourth-order valence-corrected chi connectivity index (χ4v) is 3.76. The average molecular weight is 320 g/mol. The number of thiophene rings is 1. The summed E-state index contributed by atoms with van der Waals surface area (Å²) < 4.78 is 1.69. The molecule has 0 atom stereocenters. The smallest absolute Gasteiger partial charge is 0.147 e. The largest absolute Gasteiger partial charge is 0.338 e. The van der Waals surface area contributed by atoms with Crippen LogP contribution in [0.15, 0.2) is 66.7 Å². The fourth-order valence-electron chi connectivity index (χ4n) is 2.43. The molecule has 0 saturated heterocycles. The van der Waals surface area contributed by atoms with E-state index in [0.29, 0.717) is 4.64 Å². The van der Waals surface area contributed by atoms with Crippen LogP contribution in [0.1, 0.15) is 0 Å². The molecule has 2 nitrogen and oxygen atoms in total. The Labute approximate surface area is 137 Å². The molecule has 22 heavy (non-hydrogen) atoms. The Kier molecular flexibility index (Phi) is 3.33. The summed E-state index contributed by atoms with van der Waals surface area (Å²) in [5, 5.41) is 0. The van der Waals surface area contributed by atoms with Crippen LogP contribution in [0.25, 0.3) is 32.0 Å². The lowest BCUT2D eigenvalue weighted by Gasteiger charge is -2.01. The third kappa shape index (κ3) is 2.36. The van der Waals surface area contributed by atoms with E-state index in [-0.39, 0.29) is 0 Å². The molecule has 0 unspecified atom stereocenters. The van der Waals surface area contributed by atoms with E-state index in [0.717, 1.165) is 21.6 Å². The van der Waals surface area contributed by atoms with Gasteiger partial charge in [0.15, 0.2) is 0 Å². The number of benzene rings is 2. The predicted octanol–water partition coefficient (Wildman–Crippen LogP) is 5.69. The summed E-state index contributed by atoms with van der Waals surface area (Å²) in [6.07, 6.45) is 0. The molecule has 4 heteroatoms. The SMILES string of the molecule is S=c1nc(-c2ccccc2)[nH]c2cc(-c3ccccc3)sc12. The van der Waals surface area contributed by atoms with E-state index in [9.17, 15) is 0 Å². The minimum atomic E-state index is 0.653. The van der Waals surface area contributed by atoms with Crippen molar-refractivity contribution >= 4 is 33.8 Å². The number of hydrogen-bond donors (Lipinski definition) is 1. The van der Waals surface area contributed by atoms with E-state index in [2.05, 4.69) is 28.2 Å². The Morgan fingerprint density at radius 1 is 0.864 bits per heavy atom. The number of nitrogens with zero attached hydrogens (tertiary/aromatic N) is 1. The van der Waals surface area contributed by atoms with Gasteiger partial charge < -0.3 is 4.98 Å². The second kappa shape index (κ2) is 5.48. The van der Waals surface area contributed by atoms with Gasteiger partial charge in [-0.25, -0.2) is 4.98 Å². The first-order valence-electron chi connectivity index (χ1n) is 6.96. The van der Waals surface area contributed by atoms with Gasteiger partial charge >= 0.3 is 0 Å². The van der Waals surface area contributed by atoms with Crippen LogP contribution in [0.3, 0.4) is 0 Å². The highest BCUT2D eigenvalue weighted by atomic mass is 32.1. The Bertz CT molecular complexity index is 986. The molecule has 0 radical (unpaired) electrons. The van der Waals surface area contributed by atoms with Crippen LogP contribution in [0.2, 0.25) is 0 Å². The van der Waals surface area contributed by atoms with E-state index in [1.165, 1.54) is 10.4 Å². The molecule has 0 saturated carbocycles. The van der Waals surface area contributed by atoms with E-state index in [4.69, 9.17) is 12.2 Å². The van der Waals surface area contributed by atoms with Crippen molar-refractivity contribution in [2.24, 2.45) is 0 Å². The molecule has 0 aliphatic carbocycles. The molecule has 0 aliphatic rings. The maximum atomic E-state index is 5.48. The third-order valence-electron chi connectivity index (χ3n) is 3.50. The predicted molar refractivity (Wildman–Crippen MR) is 95.7 cm³/mol. The van der Waals surface area contributed by atoms with Gasteiger partial charge in [0.05, 0.1) is 10.2 Å². The normalized spacial score (nSPS) is 10.9. The first-order valence-corrected chi connectivity index (χ1v) is 8.18. The zero-order valence-electron chi connectivity index (χ0n) is 11.6. The van der Waals surface area contributed by atoms with Crippen LogP contribution in [0.4, 0.5) is 0 Å². The number of rotatable bonds is 2. The topological polar surface area (TPSA) is 28.7 Å². The van der Waals surface area contributed by atoms with Crippen molar-refractivity contribution in [1.82, 2.24) is 9.97 Å². The van der Waals surface area contributed by atoms with Crippen LogP contribution in [-0.4, -0.2) is 9.97 Å². The molecule has 0 aliphatic heterocycles. The fraction of sp³-hybridized carbons (Fsp3) is 0. The summed E-state index contributed by atoms with van der Waals surface area (Å²) in [5.41, 5.74) is 3.29. The number of nitrogens with one attached hydrogen (secondary N) is 1. The van der Waals surface area contributed by atoms with Gasteiger partial charge in [-0.15, -0.1) is 11.3 Å². The van der Waals surface area contributed by atoms with Crippen molar-refractivity contribution in [2.75, 3.05) is 0 Å². The van der Waals surface area contributed by atoms with Gasteiger partial charge in [-0.2, -0.15) is 0 Å². The number of hydrogen-bond acceptors (Lipinski definition) is 3. The molecule has 0 spiro atoms. The van der Waals surface area contributed by atoms with Crippen LogP contribution >= 0.6 is 23.6 Å². The molecule has 106 valence electrons. The number of aromatic nitrogens is 2. The maximum Gasteiger partial charge on any atom is 0.147 e. The standard InChI is InChI=1S/C18H12N2S2/c21-18-16-14(11-15(22-16)12-7-3-1-4-8-12)19-17(20-18)13-9-5-2-6-10-13/h1-11H,(H,19,20,21). The highest BCUT2D eigenvalue weighted by molar-refractivity contribution is 7.71. The Morgan fingerprint density at radius 3 is 2.18 bits per heavy atom. The molecule has 4 rings (SSSR count). The summed E-state index contributed by atoms with van der Waals surface area (Å²) in [7, 11) is 0. The van der Waals surface area contributed by atoms with E-state index in [1.807, 2.05) is 48.5 Å². The molecular formula is C18H12N2S2. The molecule has 0 amide bonds. The molecule has 0 bridgehead atoms. The van der Waals surface area contributed by atoms with Gasteiger partial charge in [0.2, 0.25) is 0 Å². The number of aromatic amines is 1. The van der Waals surface area contributed by atoms with Gasteiger partial charge in [-0.3, -0.25) is 0 Å². The van der Waals surface area contributed by atoms with Gasteiger partial charge in [0.25, 0.3) is 0 Å². The summed E-state index contributed by atoms with van der Waals surface area (Å²) in [5.74, 6) is 0.815. The molecule has 4 aromatic rings. The molecule has 2 aromatic carbocycles. The lowest BCUT2D eigenvalue weighted by atomic mass is 10.2. The minimum Gasteiger partial charge on any atom is -0.338 e. The van der Waals surface area contributed by atoms with Crippen molar-refractivity contribution < 1.29 is 0 Å². The number of fused-ring (bicyclic) bond motifs is 1. The highest BCUT2D eigenvalue weighted by Crippen LogP contribution is 2.33. The summed E-state index contributed by atoms with van der Waals surface area (Å²) in [4.78, 5) is 9.15. The molecule has 0 fully saturated rings. The van der Waals surface area contributed by atoms with Crippen LogP contribution in [0, 0.1) is 4.64 Å². The van der Waals surface area contributed by atoms with E-state index >= 15 is 0 Å². The Morgan fingerprint density at radius 2 is 1.50 bits per heavy atom. The molecule has 2 heterocycles. The van der Waals surface area contributed by atoms with Gasteiger partial charge in [-0.1, -0.05) is 72.9 Å². The zero-order chi connectivity index (χ0) is 14.9. The van der Waals surface area contributed by atoms with Crippen molar-refractivity contribution in [3.05, 3.63) is 71.4 Å². The lowest BCUT2D eigenvalue weighted by Crippen LogP contribution is -1.88. The second-order valence-corrected chi connectivity index (χ2v) is 6.41. The summed E-state index contributed by atoms with van der Waals surface area (Å²) >= 11 is 7.17. The average Bonchev–Trinajstić information content (AvgIpc) is 3.01. The number of H-pyrrole nitrogens is 1. The molecular weight excluding hydrogens is 308 g/mol. The quantitative estimate of drug-likeness (QED) is 0.481. The van der Waals surface area contributed by atoms with Crippen molar-refractivity contribution in [2.45, 2.75) is 0 Å². The second-order valence-electron chi connectivity index (χ2n) is 4.98. The maximum absolute atomic E-state index is 5.48. The monoisotopic (exact) mass is 320 g/mol. The van der Waals surface area contributed by atoms with E-state index in [1.54, 1.807) is 11.3 Å². The molecule has 2 aromatic heterocycles. The first-order chi connectivity index (χ1) is 10.8. The van der Waals surface area contributed by atoms with Crippen LogP contribution in [0.5, 0.6) is 0 Å². The van der Waals surface area contributed by atoms with Crippen molar-refractivity contribution in [3.63, 3.8) is 0 Å². The van der Waals surface area contributed by atoms with Gasteiger partial charge in [0, 0.05) is 10.4 Å². The zero-order valence-corrected chi connectivity index (χ0v) is 13.2. The van der Waals surface area contributed by atoms with Crippen LogP contribution < -0.4 is 0 Å². The van der Waals surface area contributed by atoms with Crippen molar-refractivity contribution in [3.8, 4) is 21.8 Å². The lowest BCUT2D eigenvalue weighted by molar-refractivity contribution is 1.22. The third-order valence-corrected chi connectivity index (χ3v) is 5.11. The Balaban J connectivity index is 1.91. The minimum absolute atomic E-state index is 0.653. The summed E-state index contributed by atoms with van der Waals surface area (Å²) in [6.45, 7) is 0. The first kappa shape index (κ1) is 13.4. The van der Waals surface area contributed by atoms with Gasteiger partial charge in [-0.05, 0) is 11.6 Å². The molecule has 1 N–H and O–H groups in total. The van der Waals surface area contributed by atoms with Crippen LogP contribution in [-0.2, 0) is 0 Å². The Hall–Kier alpha value is -2.30. The highest BCUT2D eigenvalue weighted by Gasteiger charge is 2.09. The summed E-state index contributed by atoms with van der Waals surface area (Å²) in [6, 6.07) is 22.6.